The Labute approximate surface area is 131 Å². The summed E-state index contributed by atoms with van der Waals surface area (Å²) in [7, 11) is -3.41. The minimum Gasteiger partial charge on any atom is -0.298 e. The van der Waals surface area contributed by atoms with Gasteiger partial charge < -0.3 is 0 Å². The second kappa shape index (κ2) is 6.24. The monoisotopic (exact) mass is 328 g/mol. The highest BCUT2D eigenvalue weighted by molar-refractivity contribution is 7.89. The zero-order valence-corrected chi connectivity index (χ0v) is 13.6. The Balaban J connectivity index is 1.68. The molecule has 4 nitrogen and oxygen atoms in total. The lowest BCUT2D eigenvalue weighted by Gasteiger charge is -2.37. The molecule has 1 aliphatic heterocycles. The van der Waals surface area contributed by atoms with Gasteiger partial charge in [0.1, 0.15) is 0 Å². The number of hydrogen-bond acceptors (Lipinski definition) is 3. The van der Waals surface area contributed by atoms with Gasteiger partial charge in [-0.2, -0.15) is 4.31 Å². The lowest BCUT2D eigenvalue weighted by Crippen LogP contribution is -2.51. The zero-order valence-electron chi connectivity index (χ0n) is 12.0. The largest absolute Gasteiger partial charge is 0.298 e. The number of hydrogen-bond donors (Lipinski definition) is 0. The van der Waals surface area contributed by atoms with Crippen LogP contribution in [0.5, 0.6) is 0 Å². The van der Waals surface area contributed by atoms with E-state index < -0.39 is 10.0 Å². The van der Waals surface area contributed by atoms with Crippen molar-refractivity contribution in [1.29, 1.82) is 0 Å². The van der Waals surface area contributed by atoms with Crippen molar-refractivity contribution in [3.8, 4) is 0 Å². The second-order valence-electron chi connectivity index (χ2n) is 5.84. The van der Waals surface area contributed by atoms with E-state index in [4.69, 9.17) is 11.6 Å². The molecule has 1 heterocycles. The molecule has 0 N–H and O–H groups in total. The van der Waals surface area contributed by atoms with Gasteiger partial charge in [0, 0.05) is 37.2 Å². The molecule has 116 valence electrons. The summed E-state index contributed by atoms with van der Waals surface area (Å²) in [6, 6.07) is 7.19. The fraction of sp³-hybridized carbons (Fsp3) is 0.600. The van der Waals surface area contributed by atoms with Crippen molar-refractivity contribution >= 4 is 21.6 Å². The summed E-state index contributed by atoms with van der Waals surface area (Å²) in [6.07, 6.45) is 5.15. The topological polar surface area (TPSA) is 40.6 Å². The maximum absolute atomic E-state index is 12.6. The van der Waals surface area contributed by atoms with Crippen molar-refractivity contribution in [3.05, 3.63) is 29.3 Å². The van der Waals surface area contributed by atoms with Crippen LogP contribution in [-0.4, -0.2) is 49.8 Å². The highest BCUT2D eigenvalue weighted by Gasteiger charge is 2.31. The Kier molecular flexibility index (Phi) is 4.54. The molecule has 2 fully saturated rings. The van der Waals surface area contributed by atoms with Crippen LogP contribution >= 0.6 is 11.6 Å². The highest BCUT2D eigenvalue weighted by atomic mass is 35.5. The number of benzene rings is 1. The summed E-state index contributed by atoms with van der Waals surface area (Å²) in [5.74, 6) is 0. The van der Waals surface area contributed by atoms with Crippen LogP contribution in [0.1, 0.15) is 25.7 Å². The van der Waals surface area contributed by atoms with E-state index in [0.29, 0.717) is 29.0 Å². The molecule has 1 aliphatic carbocycles. The molecule has 1 saturated carbocycles. The van der Waals surface area contributed by atoms with Gasteiger partial charge in [-0.05, 0) is 31.0 Å². The Hall–Kier alpha value is -0.620. The number of halogens is 1. The van der Waals surface area contributed by atoms with Crippen LogP contribution in [-0.2, 0) is 10.0 Å². The zero-order chi connectivity index (χ0) is 14.9. The third kappa shape index (κ3) is 3.26. The number of piperazine rings is 1. The first-order valence-electron chi connectivity index (χ1n) is 7.57. The highest BCUT2D eigenvalue weighted by Crippen LogP contribution is 2.26. The van der Waals surface area contributed by atoms with Gasteiger partial charge >= 0.3 is 0 Å². The number of rotatable bonds is 3. The van der Waals surface area contributed by atoms with Crippen molar-refractivity contribution in [2.45, 2.75) is 36.6 Å². The van der Waals surface area contributed by atoms with E-state index >= 15 is 0 Å². The first-order valence-corrected chi connectivity index (χ1v) is 9.39. The molecule has 6 heteroatoms. The number of sulfonamides is 1. The molecular weight excluding hydrogens is 308 g/mol. The molecule has 1 aromatic rings. The first-order chi connectivity index (χ1) is 10.1. The summed E-state index contributed by atoms with van der Waals surface area (Å²) in [5.41, 5.74) is 0. The normalized spacial score (nSPS) is 22.7. The molecule has 3 rings (SSSR count). The molecule has 1 saturated heterocycles. The Morgan fingerprint density at radius 1 is 1.05 bits per heavy atom. The van der Waals surface area contributed by atoms with Gasteiger partial charge in [0.2, 0.25) is 10.0 Å². The maximum atomic E-state index is 12.6. The average Bonchev–Trinajstić information content (AvgIpc) is 3.02. The molecule has 0 amide bonds. The summed E-state index contributed by atoms with van der Waals surface area (Å²) in [5, 5.41) is 0.459. The van der Waals surface area contributed by atoms with Gasteiger partial charge in [-0.25, -0.2) is 8.42 Å². The van der Waals surface area contributed by atoms with Gasteiger partial charge in [-0.1, -0.05) is 30.5 Å². The van der Waals surface area contributed by atoms with Crippen LogP contribution in [0.3, 0.4) is 0 Å². The standard InChI is InChI=1S/C15H21ClN2O2S/c16-13-4-3-7-15(12-13)21(19,20)18-10-8-17(9-11-18)14-5-1-2-6-14/h3-4,7,12,14H,1-2,5-6,8-11H2. The Morgan fingerprint density at radius 2 is 1.71 bits per heavy atom. The fourth-order valence-corrected chi connectivity index (χ4v) is 5.08. The minimum absolute atomic E-state index is 0.296. The predicted octanol–water partition coefficient (Wildman–Crippen LogP) is 2.59. The van der Waals surface area contributed by atoms with Crippen molar-refractivity contribution in [2.24, 2.45) is 0 Å². The van der Waals surface area contributed by atoms with Gasteiger partial charge in [0.05, 0.1) is 4.90 Å². The van der Waals surface area contributed by atoms with Crippen LogP contribution in [0, 0.1) is 0 Å². The summed E-state index contributed by atoms with van der Waals surface area (Å²) < 4.78 is 26.8. The van der Waals surface area contributed by atoms with E-state index in [0.717, 1.165) is 13.1 Å². The van der Waals surface area contributed by atoms with E-state index in [2.05, 4.69) is 4.90 Å². The Bertz CT molecular complexity index is 591. The van der Waals surface area contributed by atoms with Gasteiger partial charge in [0.25, 0.3) is 0 Å². The van der Waals surface area contributed by atoms with E-state index in [1.807, 2.05) is 0 Å². The van der Waals surface area contributed by atoms with Crippen LogP contribution in [0.4, 0.5) is 0 Å². The lowest BCUT2D eigenvalue weighted by molar-refractivity contribution is 0.139. The third-order valence-corrected chi connectivity index (χ3v) is 6.68. The molecule has 0 spiro atoms. The SMILES string of the molecule is O=S(=O)(c1cccc(Cl)c1)N1CCN(C2CCCC2)CC1. The van der Waals surface area contributed by atoms with Crippen molar-refractivity contribution in [1.82, 2.24) is 9.21 Å². The van der Waals surface area contributed by atoms with Crippen LogP contribution in [0.25, 0.3) is 0 Å². The molecule has 2 aliphatic rings. The average molecular weight is 329 g/mol. The van der Waals surface area contributed by atoms with Crippen molar-refractivity contribution in [3.63, 3.8) is 0 Å². The number of nitrogens with zero attached hydrogens (tertiary/aromatic N) is 2. The summed E-state index contributed by atoms with van der Waals surface area (Å²) in [4.78, 5) is 2.75. The molecule has 21 heavy (non-hydrogen) atoms. The van der Waals surface area contributed by atoms with Crippen LogP contribution in [0.2, 0.25) is 5.02 Å². The minimum atomic E-state index is -3.41. The molecule has 0 radical (unpaired) electrons. The van der Waals surface area contributed by atoms with Crippen molar-refractivity contribution < 1.29 is 8.42 Å². The molecule has 0 atom stereocenters. The van der Waals surface area contributed by atoms with Crippen LogP contribution in [0.15, 0.2) is 29.2 Å². The van der Waals surface area contributed by atoms with Gasteiger partial charge in [-0.3, -0.25) is 4.90 Å². The smallest absolute Gasteiger partial charge is 0.243 e. The first kappa shape index (κ1) is 15.3. The van der Waals surface area contributed by atoms with E-state index in [9.17, 15) is 8.42 Å². The van der Waals surface area contributed by atoms with E-state index in [1.165, 1.54) is 31.7 Å². The summed E-state index contributed by atoms with van der Waals surface area (Å²) in [6.45, 7) is 2.83. The second-order valence-corrected chi connectivity index (χ2v) is 8.21. The molecule has 0 unspecified atom stereocenters. The molecular formula is C15H21ClN2O2S. The molecule has 1 aromatic carbocycles. The van der Waals surface area contributed by atoms with Gasteiger partial charge in [-0.15, -0.1) is 0 Å². The van der Waals surface area contributed by atoms with E-state index in [1.54, 1.807) is 22.5 Å². The predicted molar refractivity (Wildman–Crippen MR) is 84.0 cm³/mol. The third-order valence-electron chi connectivity index (χ3n) is 4.55. The van der Waals surface area contributed by atoms with Gasteiger partial charge in [0.15, 0.2) is 0 Å². The quantitative estimate of drug-likeness (QED) is 0.856. The Morgan fingerprint density at radius 3 is 2.33 bits per heavy atom. The van der Waals surface area contributed by atoms with Crippen molar-refractivity contribution in [2.75, 3.05) is 26.2 Å². The molecule has 0 aromatic heterocycles. The maximum Gasteiger partial charge on any atom is 0.243 e. The summed E-state index contributed by atoms with van der Waals surface area (Å²) >= 11 is 5.91. The fourth-order valence-electron chi connectivity index (χ4n) is 3.36. The van der Waals surface area contributed by atoms with E-state index in [-0.39, 0.29) is 0 Å². The lowest BCUT2D eigenvalue weighted by atomic mass is 10.2. The van der Waals surface area contributed by atoms with Crippen LogP contribution < -0.4 is 0 Å². The molecule has 0 bridgehead atoms.